The molecular weight excluding hydrogens is 273 g/mol. The molecule has 1 aliphatic rings. The Bertz CT molecular complexity index is 534. The number of carbonyl (C=O) groups is 2. The lowest BCUT2D eigenvalue weighted by Crippen LogP contribution is -2.50. The number of anilines is 1. The number of hydrogen-bond acceptors (Lipinski definition) is 3. The second-order valence-electron chi connectivity index (χ2n) is 5.05. The summed E-state index contributed by atoms with van der Waals surface area (Å²) in [5.74, 6) is -1.09. The lowest BCUT2D eigenvalue weighted by Gasteiger charge is -2.23. The summed E-state index contributed by atoms with van der Waals surface area (Å²) in [6.07, 6.45) is 2.24. The Morgan fingerprint density at radius 1 is 1.48 bits per heavy atom. The molecule has 1 aromatic carbocycles. The minimum Gasteiger partial charge on any atom is -0.382 e. The van der Waals surface area contributed by atoms with Gasteiger partial charge in [-0.2, -0.15) is 0 Å². The minimum atomic E-state index is -0.548. The molecule has 1 saturated heterocycles. The van der Waals surface area contributed by atoms with E-state index in [4.69, 9.17) is 0 Å². The highest BCUT2D eigenvalue weighted by molar-refractivity contribution is 6.02. The molecule has 2 rings (SSSR count). The van der Waals surface area contributed by atoms with Crippen molar-refractivity contribution in [1.82, 2.24) is 10.6 Å². The number of amides is 2. The first-order chi connectivity index (χ1) is 10.1. The standard InChI is InChI=1S/C15H20FN3O2/c1-2-8-17-13-10(5-3-6-11(13)16)14(20)19-12-7-4-9-18-15(12)21/h3,5-6,12,17H,2,4,7-9H2,1H3,(H,18,21)(H,19,20). The number of piperidine rings is 1. The third kappa shape index (κ3) is 3.71. The molecule has 1 atom stereocenters. The van der Waals surface area contributed by atoms with E-state index in [1.807, 2.05) is 6.92 Å². The molecule has 114 valence electrons. The highest BCUT2D eigenvalue weighted by Gasteiger charge is 2.25. The van der Waals surface area contributed by atoms with Gasteiger partial charge in [-0.15, -0.1) is 0 Å². The molecule has 0 saturated carbocycles. The summed E-state index contributed by atoms with van der Waals surface area (Å²) >= 11 is 0. The number of rotatable bonds is 5. The van der Waals surface area contributed by atoms with Crippen LogP contribution in [0.5, 0.6) is 0 Å². The van der Waals surface area contributed by atoms with Gasteiger partial charge in [0.05, 0.1) is 11.3 Å². The average Bonchev–Trinajstić information content (AvgIpc) is 2.48. The molecule has 1 aliphatic heterocycles. The summed E-state index contributed by atoms with van der Waals surface area (Å²) in [5, 5.41) is 8.30. The number of para-hydroxylation sites is 1. The third-order valence-corrected chi connectivity index (χ3v) is 3.40. The maximum absolute atomic E-state index is 13.9. The fourth-order valence-electron chi connectivity index (χ4n) is 2.29. The molecule has 5 nitrogen and oxygen atoms in total. The molecule has 21 heavy (non-hydrogen) atoms. The SMILES string of the molecule is CCCNc1c(F)cccc1C(=O)NC1CCCNC1=O. The van der Waals surface area contributed by atoms with Gasteiger partial charge in [-0.1, -0.05) is 13.0 Å². The lowest BCUT2D eigenvalue weighted by molar-refractivity contribution is -0.124. The van der Waals surface area contributed by atoms with Gasteiger partial charge in [0.2, 0.25) is 5.91 Å². The Kier molecular flexibility index (Phi) is 5.14. The van der Waals surface area contributed by atoms with Gasteiger partial charge >= 0.3 is 0 Å². The van der Waals surface area contributed by atoms with Gasteiger partial charge in [0, 0.05) is 13.1 Å². The van der Waals surface area contributed by atoms with Crippen LogP contribution in [0.1, 0.15) is 36.5 Å². The van der Waals surface area contributed by atoms with E-state index in [2.05, 4.69) is 16.0 Å². The second kappa shape index (κ2) is 7.06. The zero-order valence-corrected chi connectivity index (χ0v) is 12.0. The largest absolute Gasteiger partial charge is 0.382 e. The summed E-state index contributed by atoms with van der Waals surface area (Å²) in [7, 11) is 0. The van der Waals surface area contributed by atoms with Gasteiger partial charge in [-0.3, -0.25) is 9.59 Å². The van der Waals surface area contributed by atoms with Crippen molar-refractivity contribution < 1.29 is 14.0 Å². The molecular formula is C15H20FN3O2. The fourth-order valence-corrected chi connectivity index (χ4v) is 2.29. The molecule has 1 aromatic rings. The topological polar surface area (TPSA) is 70.2 Å². The third-order valence-electron chi connectivity index (χ3n) is 3.40. The Morgan fingerprint density at radius 2 is 2.29 bits per heavy atom. The van der Waals surface area contributed by atoms with Gasteiger partial charge in [0.25, 0.3) is 5.91 Å². The molecule has 0 bridgehead atoms. The van der Waals surface area contributed by atoms with E-state index < -0.39 is 17.8 Å². The van der Waals surface area contributed by atoms with Crippen LogP contribution in [0.2, 0.25) is 0 Å². The zero-order valence-electron chi connectivity index (χ0n) is 12.0. The number of carbonyl (C=O) groups excluding carboxylic acids is 2. The van der Waals surface area contributed by atoms with Crippen LogP contribution in [0.4, 0.5) is 10.1 Å². The van der Waals surface area contributed by atoms with E-state index in [-0.39, 0.29) is 17.2 Å². The zero-order chi connectivity index (χ0) is 15.2. The predicted molar refractivity (Wildman–Crippen MR) is 78.7 cm³/mol. The quantitative estimate of drug-likeness (QED) is 0.773. The first kappa shape index (κ1) is 15.3. The first-order valence-corrected chi connectivity index (χ1v) is 7.24. The van der Waals surface area contributed by atoms with Gasteiger partial charge in [-0.25, -0.2) is 4.39 Å². The molecule has 3 N–H and O–H groups in total. The molecule has 0 radical (unpaired) electrons. The number of hydrogen-bond donors (Lipinski definition) is 3. The van der Waals surface area contributed by atoms with Crippen LogP contribution in [0.25, 0.3) is 0 Å². The van der Waals surface area contributed by atoms with Crippen molar-refractivity contribution in [2.45, 2.75) is 32.2 Å². The highest BCUT2D eigenvalue weighted by atomic mass is 19.1. The monoisotopic (exact) mass is 293 g/mol. The molecule has 0 aliphatic carbocycles. The molecule has 1 fully saturated rings. The maximum Gasteiger partial charge on any atom is 0.254 e. The van der Waals surface area contributed by atoms with Crippen LogP contribution in [0, 0.1) is 5.82 Å². The van der Waals surface area contributed by atoms with E-state index in [1.54, 1.807) is 6.07 Å². The van der Waals surface area contributed by atoms with Gasteiger partial charge < -0.3 is 16.0 Å². The maximum atomic E-state index is 13.9. The van der Waals surface area contributed by atoms with Crippen LogP contribution in [0.15, 0.2) is 18.2 Å². The Balaban J connectivity index is 2.14. The molecule has 6 heteroatoms. The molecule has 2 amide bonds. The van der Waals surface area contributed by atoms with Crippen molar-refractivity contribution in [2.75, 3.05) is 18.4 Å². The van der Waals surface area contributed by atoms with E-state index in [0.717, 1.165) is 12.8 Å². The number of benzene rings is 1. The Hall–Kier alpha value is -2.11. The van der Waals surface area contributed by atoms with E-state index in [0.29, 0.717) is 19.5 Å². The second-order valence-corrected chi connectivity index (χ2v) is 5.05. The van der Waals surface area contributed by atoms with Gasteiger partial charge in [0.1, 0.15) is 11.9 Å². The van der Waals surface area contributed by atoms with Crippen LogP contribution in [-0.4, -0.2) is 30.9 Å². The van der Waals surface area contributed by atoms with Crippen LogP contribution >= 0.6 is 0 Å². The van der Waals surface area contributed by atoms with Crippen molar-refractivity contribution in [2.24, 2.45) is 0 Å². The van der Waals surface area contributed by atoms with Gasteiger partial charge in [-0.05, 0) is 31.4 Å². The first-order valence-electron chi connectivity index (χ1n) is 7.24. The van der Waals surface area contributed by atoms with Crippen molar-refractivity contribution in [3.8, 4) is 0 Å². The Labute approximate surface area is 123 Å². The van der Waals surface area contributed by atoms with Crippen molar-refractivity contribution >= 4 is 17.5 Å². The van der Waals surface area contributed by atoms with Crippen molar-refractivity contribution in [3.05, 3.63) is 29.6 Å². The van der Waals surface area contributed by atoms with E-state index >= 15 is 0 Å². The molecule has 1 heterocycles. The highest BCUT2D eigenvalue weighted by Crippen LogP contribution is 2.20. The fraction of sp³-hybridized carbons (Fsp3) is 0.467. The molecule has 0 aromatic heterocycles. The number of nitrogens with one attached hydrogen (secondary N) is 3. The summed E-state index contributed by atoms with van der Waals surface area (Å²) in [4.78, 5) is 24.0. The van der Waals surface area contributed by atoms with Crippen molar-refractivity contribution in [3.63, 3.8) is 0 Å². The minimum absolute atomic E-state index is 0.186. The van der Waals surface area contributed by atoms with E-state index in [1.165, 1.54) is 12.1 Å². The number of halogens is 1. The summed E-state index contributed by atoms with van der Waals surface area (Å²) in [6, 6.07) is 3.80. The lowest BCUT2D eigenvalue weighted by atomic mass is 10.1. The predicted octanol–water partition coefficient (Wildman–Crippen LogP) is 1.66. The van der Waals surface area contributed by atoms with Crippen molar-refractivity contribution in [1.29, 1.82) is 0 Å². The Morgan fingerprint density at radius 3 is 3.00 bits per heavy atom. The van der Waals surface area contributed by atoms with Gasteiger partial charge in [0.15, 0.2) is 0 Å². The van der Waals surface area contributed by atoms with Crippen LogP contribution < -0.4 is 16.0 Å². The van der Waals surface area contributed by atoms with Crippen LogP contribution in [-0.2, 0) is 4.79 Å². The average molecular weight is 293 g/mol. The molecule has 0 spiro atoms. The molecule has 1 unspecified atom stereocenters. The summed E-state index contributed by atoms with van der Waals surface area (Å²) in [5.41, 5.74) is 0.412. The summed E-state index contributed by atoms with van der Waals surface area (Å²) < 4.78 is 13.9. The normalized spacial score (nSPS) is 18.0. The van der Waals surface area contributed by atoms with Crippen LogP contribution in [0.3, 0.4) is 0 Å². The smallest absolute Gasteiger partial charge is 0.254 e. The summed E-state index contributed by atoms with van der Waals surface area (Å²) in [6.45, 7) is 3.17. The van der Waals surface area contributed by atoms with E-state index in [9.17, 15) is 14.0 Å².